The van der Waals surface area contributed by atoms with E-state index in [9.17, 15) is 24.4 Å². The number of fused-ring (bicyclic) bond motifs is 1. The Hall–Kier alpha value is -2.34. The van der Waals surface area contributed by atoms with Gasteiger partial charge in [0.1, 0.15) is 24.5 Å². The number of phosphoric acid groups is 1. The van der Waals surface area contributed by atoms with Crippen LogP contribution in [0, 0.1) is 13.8 Å². The van der Waals surface area contributed by atoms with Crippen molar-refractivity contribution in [3.63, 3.8) is 0 Å². The van der Waals surface area contributed by atoms with Crippen LogP contribution < -0.4 is 15.8 Å². The SMILES string of the molecule is [2H]C([2H])(OP1(=O)OCc2cc(C)cc(C)c2O1)[C@@]1(F)O[C@@]([2H])(n2ccc(=O)[nH]c2=O)[C@H](O)[C@@H]1O. The molecule has 1 aromatic carbocycles. The number of aliphatic hydroxyl groups excluding tert-OH is 2. The molecule has 0 aliphatic carbocycles. The van der Waals surface area contributed by atoms with Gasteiger partial charge in [0.15, 0.2) is 6.20 Å². The predicted molar refractivity (Wildman–Crippen MR) is 102 cm³/mol. The van der Waals surface area contributed by atoms with Crippen LogP contribution in [-0.4, -0.2) is 44.4 Å². The molecule has 0 saturated carbocycles. The van der Waals surface area contributed by atoms with Crippen LogP contribution in [0.5, 0.6) is 5.75 Å². The molecule has 11 nitrogen and oxygen atoms in total. The number of alkyl halides is 1. The van der Waals surface area contributed by atoms with E-state index in [2.05, 4.69) is 0 Å². The number of halogens is 1. The van der Waals surface area contributed by atoms with Crippen LogP contribution in [0.4, 0.5) is 4.39 Å². The number of nitrogens with zero attached hydrogens (tertiary/aromatic N) is 1. The Kier molecular flexibility index (Phi) is 4.51. The van der Waals surface area contributed by atoms with Crippen molar-refractivity contribution in [1.29, 1.82) is 0 Å². The van der Waals surface area contributed by atoms with Gasteiger partial charge in [-0.15, -0.1) is 0 Å². The third kappa shape index (κ3) is 3.98. The highest BCUT2D eigenvalue weighted by Crippen LogP contribution is 2.56. The highest BCUT2D eigenvalue weighted by atomic mass is 31.2. The standard InChI is InChI=1S/C18H20FN2O9P/c1-9-5-10(2)14-11(6-9)7-27-31(26,30-14)28-8-18(19)15(24)13(23)16(29-18)21-4-3-12(22)20-17(21)25/h3-6,13,15-16,23-24H,7-8H2,1-2H3,(H,20,22,25)/t13-,15+,16-,18-,31?/m1/s1/i8D2,16D. The van der Waals surface area contributed by atoms with Gasteiger partial charge in [0, 0.05) is 17.8 Å². The van der Waals surface area contributed by atoms with Crippen LogP contribution in [0.25, 0.3) is 0 Å². The molecule has 0 radical (unpaired) electrons. The molecule has 4 rings (SSSR count). The van der Waals surface area contributed by atoms with Crippen LogP contribution in [0.15, 0.2) is 34.0 Å². The van der Waals surface area contributed by atoms with E-state index in [4.69, 9.17) is 22.4 Å². The minimum absolute atomic E-state index is 0.0754. The van der Waals surface area contributed by atoms with Gasteiger partial charge in [0.2, 0.25) is 0 Å². The first-order valence-corrected chi connectivity index (χ1v) is 10.4. The first-order chi connectivity index (χ1) is 15.6. The summed E-state index contributed by atoms with van der Waals surface area (Å²) < 4.78 is 73.1. The van der Waals surface area contributed by atoms with Crippen molar-refractivity contribution in [2.24, 2.45) is 0 Å². The van der Waals surface area contributed by atoms with Crippen molar-refractivity contribution in [2.75, 3.05) is 6.56 Å². The van der Waals surface area contributed by atoms with Gasteiger partial charge in [0.05, 0.1) is 10.7 Å². The van der Waals surface area contributed by atoms with E-state index in [1.165, 1.54) is 0 Å². The van der Waals surface area contributed by atoms with Gasteiger partial charge < -0.3 is 19.5 Å². The van der Waals surface area contributed by atoms with Gasteiger partial charge in [-0.25, -0.2) is 13.8 Å². The van der Waals surface area contributed by atoms with Gasteiger partial charge in [-0.2, -0.15) is 0 Å². The molecule has 13 heteroatoms. The first-order valence-electron chi connectivity index (χ1n) is 10.4. The quantitative estimate of drug-likeness (QED) is 0.562. The molecule has 2 aliphatic rings. The van der Waals surface area contributed by atoms with Gasteiger partial charge in [0.25, 0.3) is 11.4 Å². The fourth-order valence-electron chi connectivity index (χ4n) is 3.20. The largest absolute Gasteiger partial charge is 0.530 e. The Bertz CT molecular complexity index is 1320. The summed E-state index contributed by atoms with van der Waals surface area (Å²) in [6.45, 7) is -0.739. The zero-order chi connectivity index (χ0) is 25.3. The lowest BCUT2D eigenvalue weighted by Crippen LogP contribution is -2.43. The summed E-state index contributed by atoms with van der Waals surface area (Å²) >= 11 is 0. The average molecular weight is 461 g/mol. The van der Waals surface area contributed by atoms with Crippen molar-refractivity contribution in [3.8, 4) is 5.75 Å². The highest BCUT2D eigenvalue weighted by Gasteiger charge is 2.57. The van der Waals surface area contributed by atoms with Gasteiger partial charge in [-0.3, -0.25) is 23.4 Å². The van der Waals surface area contributed by atoms with Crippen LogP contribution in [0.3, 0.4) is 0 Å². The van der Waals surface area contributed by atoms with E-state index in [0.717, 1.165) is 11.6 Å². The van der Waals surface area contributed by atoms with Gasteiger partial charge >= 0.3 is 13.5 Å². The van der Waals surface area contributed by atoms with Crippen LogP contribution >= 0.6 is 7.82 Å². The number of aryl methyl sites for hydroxylation is 2. The summed E-state index contributed by atoms with van der Waals surface area (Å²) in [5, 5.41) is 20.6. The number of H-pyrrole nitrogens is 1. The molecule has 1 aromatic heterocycles. The minimum Gasteiger partial charge on any atom is -0.403 e. The maximum Gasteiger partial charge on any atom is 0.530 e. The third-order valence-electron chi connectivity index (χ3n) is 4.62. The maximum atomic E-state index is 15.8. The summed E-state index contributed by atoms with van der Waals surface area (Å²) in [5.74, 6) is -3.97. The molecule has 5 atom stereocenters. The molecule has 2 aromatic rings. The number of hydrogen-bond acceptors (Lipinski definition) is 9. The van der Waals surface area contributed by atoms with E-state index >= 15 is 4.39 Å². The molecule has 1 saturated heterocycles. The molecule has 3 heterocycles. The van der Waals surface area contributed by atoms with Crippen molar-refractivity contribution in [3.05, 3.63) is 61.9 Å². The molecule has 0 amide bonds. The summed E-state index contributed by atoms with van der Waals surface area (Å²) in [5.41, 5.74) is -0.335. The first kappa shape index (κ1) is 18.3. The van der Waals surface area contributed by atoms with Crippen LogP contribution in [0.1, 0.15) is 27.0 Å². The predicted octanol–water partition coefficient (Wildman–Crippen LogP) is 0.804. The second-order valence-electron chi connectivity index (χ2n) is 7.03. The number of aliphatic hydroxyl groups is 2. The molecular weight excluding hydrogens is 438 g/mol. The van der Waals surface area contributed by atoms with Crippen molar-refractivity contribution >= 4 is 7.82 Å². The number of aromatic amines is 1. The monoisotopic (exact) mass is 461 g/mol. The van der Waals surface area contributed by atoms with Crippen molar-refractivity contribution in [1.82, 2.24) is 9.55 Å². The Balaban J connectivity index is 1.67. The number of nitrogens with one attached hydrogen (secondary N) is 1. The lowest BCUT2D eigenvalue weighted by Gasteiger charge is -2.29. The van der Waals surface area contributed by atoms with E-state index in [-0.39, 0.29) is 16.9 Å². The third-order valence-corrected chi connectivity index (χ3v) is 5.79. The molecule has 2 aliphatic heterocycles. The Morgan fingerprint density at radius 1 is 1.45 bits per heavy atom. The van der Waals surface area contributed by atoms with Crippen LogP contribution in [0.2, 0.25) is 0 Å². The van der Waals surface area contributed by atoms with Crippen molar-refractivity contribution in [2.45, 2.75) is 44.7 Å². The lowest BCUT2D eigenvalue weighted by molar-refractivity contribution is -0.205. The topological polar surface area (TPSA) is 149 Å². The number of phosphoric ester groups is 1. The number of rotatable bonds is 4. The fraction of sp³-hybridized carbons (Fsp3) is 0.444. The second-order valence-corrected chi connectivity index (χ2v) is 8.55. The molecule has 0 spiro atoms. The Labute approximate surface area is 178 Å². The van der Waals surface area contributed by atoms with E-state index < -0.39 is 49.9 Å². The highest BCUT2D eigenvalue weighted by molar-refractivity contribution is 7.49. The number of hydrogen-bond donors (Lipinski definition) is 3. The lowest BCUT2D eigenvalue weighted by atomic mass is 10.1. The average Bonchev–Trinajstić information content (AvgIpc) is 2.90. The molecule has 0 bridgehead atoms. The summed E-state index contributed by atoms with van der Waals surface area (Å²) in [7, 11) is -4.85. The second kappa shape index (κ2) is 7.66. The molecule has 1 fully saturated rings. The van der Waals surface area contributed by atoms with E-state index in [0.29, 0.717) is 17.3 Å². The van der Waals surface area contributed by atoms with Gasteiger partial charge in [-0.05, 0) is 19.4 Å². The smallest absolute Gasteiger partial charge is 0.403 e. The van der Waals surface area contributed by atoms with Crippen LogP contribution in [-0.2, 0) is 25.0 Å². The van der Waals surface area contributed by atoms with Gasteiger partial charge in [-0.1, -0.05) is 17.7 Å². The van der Waals surface area contributed by atoms with Crippen molar-refractivity contribution < 1.29 is 41.6 Å². The summed E-state index contributed by atoms with van der Waals surface area (Å²) in [4.78, 5) is 25.1. The zero-order valence-corrected chi connectivity index (χ0v) is 17.1. The van der Waals surface area contributed by atoms with E-state index in [1.807, 2.05) is 0 Å². The van der Waals surface area contributed by atoms with E-state index in [1.54, 1.807) is 31.0 Å². The molecule has 168 valence electrons. The Morgan fingerprint density at radius 3 is 2.90 bits per heavy atom. The molecule has 3 N–H and O–H groups in total. The molecule has 31 heavy (non-hydrogen) atoms. The molecule has 1 unspecified atom stereocenters. The fourth-order valence-corrected chi connectivity index (χ4v) is 4.37. The summed E-state index contributed by atoms with van der Waals surface area (Å²) in [6.07, 6.45) is -7.83. The Morgan fingerprint density at radius 2 is 2.19 bits per heavy atom. The number of benzene rings is 1. The summed E-state index contributed by atoms with van der Waals surface area (Å²) in [6, 6.07) is 4.12. The zero-order valence-electron chi connectivity index (χ0n) is 19.2. The maximum absolute atomic E-state index is 15.8. The number of ether oxygens (including phenoxy) is 1. The minimum atomic E-state index is -4.85. The molecular formula is C18H20FN2O9P. The number of aromatic nitrogens is 2. The normalized spacial score (nSPS) is 36.7.